The number of nitrogens with zero attached hydrogens (tertiary/aromatic N) is 4. The minimum Gasteiger partial charge on any atom is -0.428 e. The van der Waals surface area contributed by atoms with Crippen LogP contribution in [0.2, 0.25) is 0 Å². The minimum atomic E-state index is -4.72. The van der Waals surface area contributed by atoms with Gasteiger partial charge in [-0.2, -0.15) is 5.10 Å². The number of ether oxygens (including phenoxy) is 2. The van der Waals surface area contributed by atoms with Crippen LogP contribution in [-0.4, -0.2) is 73.0 Å². The average molecular weight is 697 g/mol. The fraction of sp³-hybridized carbons (Fsp3) is 0.312. The van der Waals surface area contributed by atoms with Gasteiger partial charge in [-0.15, -0.1) is 0 Å². The van der Waals surface area contributed by atoms with Crippen LogP contribution in [-0.2, 0) is 25.3 Å². The van der Waals surface area contributed by atoms with Crippen molar-refractivity contribution in [3.8, 4) is 5.75 Å². The second-order valence-corrected chi connectivity index (χ2v) is 12.0. The zero-order valence-corrected chi connectivity index (χ0v) is 28.2. The fourth-order valence-electron chi connectivity index (χ4n) is 4.73. The third-order valence-electron chi connectivity index (χ3n) is 7.16. The number of anilines is 2. The number of esters is 1. The summed E-state index contributed by atoms with van der Waals surface area (Å²) in [7, 11) is -4.72. The van der Waals surface area contributed by atoms with Gasteiger partial charge in [0.05, 0.1) is 12.0 Å². The summed E-state index contributed by atoms with van der Waals surface area (Å²) in [5, 5.41) is 10.3. The third kappa shape index (κ3) is 9.63. The highest BCUT2D eigenvalue weighted by Gasteiger charge is 2.28. The first kappa shape index (κ1) is 36.5. The number of aryl methyl sites for hydroxylation is 2. The van der Waals surface area contributed by atoms with Crippen molar-refractivity contribution in [1.82, 2.24) is 24.8 Å². The van der Waals surface area contributed by atoms with Crippen LogP contribution in [0.4, 0.5) is 16.3 Å². The first-order valence-electron chi connectivity index (χ1n) is 15.3. The molecular formula is C32H37N6O10P. The van der Waals surface area contributed by atoms with Crippen LogP contribution in [0.15, 0.2) is 55.0 Å². The molecule has 0 saturated heterocycles. The predicted octanol–water partition coefficient (Wildman–Crippen LogP) is 4.43. The van der Waals surface area contributed by atoms with E-state index in [2.05, 4.69) is 25.2 Å². The number of nitrogens with one attached hydrogen (secondary N) is 2. The van der Waals surface area contributed by atoms with E-state index in [4.69, 9.17) is 19.3 Å². The molecule has 0 fully saturated rings. The monoisotopic (exact) mass is 696 g/mol. The molecule has 2 heterocycles. The number of phosphoric ester groups is 1. The van der Waals surface area contributed by atoms with E-state index in [9.17, 15) is 23.7 Å². The quantitative estimate of drug-likeness (QED) is 0.0817. The summed E-state index contributed by atoms with van der Waals surface area (Å²) < 4.78 is 27.0. The summed E-state index contributed by atoms with van der Waals surface area (Å²) in [5.41, 5.74) is 3.54. The van der Waals surface area contributed by atoms with Gasteiger partial charge in [0.2, 0.25) is 6.79 Å². The molecule has 17 heteroatoms. The number of hydrogen-bond donors (Lipinski definition) is 4. The van der Waals surface area contributed by atoms with Crippen molar-refractivity contribution < 1.29 is 47.5 Å². The molecule has 0 saturated carbocycles. The normalized spacial score (nSPS) is 11.1. The number of rotatable bonds is 14. The predicted molar refractivity (Wildman–Crippen MR) is 176 cm³/mol. The molecule has 0 unspecified atom stereocenters. The Kier molecular flexibility index (Phi) is 12.1. The molecule has 2 aromatic heterocycles. The van der Waals surface area contributed by atoms with Crippen LogP contribution in [0.25, 0.3) is 5.52 Å². The molecule has 260 valence electrons. The van der Waals surface area contributed by atoms with Crippen LogP contribution >= 0.6 is 7.82 Å². The Labute approximate surface area is 281 Å². The highest BCUT2D eigenvalue weighted by molar-refractivity contribution is 7.46. The van der Waals surface area contributed by atoms with Gasteiger partial charge in [0.15, 0.2) is 5.82 Å². The number of amides is 3. The Morgan fingerprint density at radius 3 is 2.41 bits per heavy atom. The van der Waals surface area contributed by atoms with Gasteiger partial charge in [-0.05, 0) is 67.6 Å². The maximum atomic E-state index is 13.7. The molecule has 3 amide bonds. The molecule has 0 aliphatic rings. The summed E-state index contributed by atoms with van der Waals surface area (Å²) in [6.07, 6.45) is 2.77. The van der Waals surface area contributed by atoms with Gasteiger partial charge in [0.25, 0.3) is 11.8 Å². The molecule has 0 radical (unpaired) electrons. The van der Waals surface area contributed by atoms with E-state index in [1.807, 2.05) is 19.9 Å². The lowest BCUT2D eigenvalue weighted by molar-refractivity contribution is -0.151. The molecule has 0 aliphatic heterocycles. The number of carbonyl (C=O) groups is 4. The van der Waals surface area contributed by atoms with Gasteiger partial charge in [0.1, 0.15) is 17.6 Å². The zero-order chi connectivity index (χ0) is 35.7. The number of carbonyl (C=O) groups excluding carboxylic acids is 4. The number of hydrogen-bond acceptors (Lipinski definition) is 11. The Bertz CT molecular complexity index is 1890. The summed E-state index contributed by atoms with van der Waals surface area (Å²) in [6.45, 7) is 7.13. The Morgan fingerprint density at radius 1 is 1.00 bits per heavy atom. The third-order valence-corrected chi connectivity index (χ3v) is 7.61. The van der Waals surface area contributed by atoms with Gasteiger partial charge in [-0.1, -0.05) is 32.0 Å². The molecule has 4 rings (SSSR count). The van der Waals surface area contributed by atoms with E-state index in [1.165, 1.54) is 41.3 Å². The van der Waals surface area contributed by atoms with Gasteiger partial charge in [-0.25, -0.2) is 23.8 Å². The van der Waals surface area contributed by atoms with Crippen molar-refractivity contribution in [2.75, 3.05) is 25.2 Å². The average Bonchev–Trinajstić information content (AvgIpc) is 3.40. The maximum absolute atomic E-state index is 13.7. The summed E-state index contributed by atoms with van der Waals surface area (Å²) >= 11 is 0. The number of aromatic nitrogens is 3. The van der Waals surface area contributed by atoms with Crippen molar-refractivity contribution in [2.45, 2.75) is 47.0 Å². The van der Waals surface area contributed by atoms with E-state index >= 15 is 0 Å². The second kappa shape index (κ2) is 16.2. The Morgan fingerprint density at radius 2 is 1.73 bits per heavy atom. The molecule has 0 spiro atoms. The minimum absolute atomic E-state index is 0.0170. The van der Waals surface area contributed by atoms with E-state index in [-0.39, 0.29) is 30.2 Å². The van der Waals surface area contributed by atoms with E-state index in [1.54, 1.807) is 26.0 Å². The van der Waals surface area contributed by atoms with Gasteiger partial charge < -0.3 is 24.6 Å². The second-order valence-electron chi connectivity index (χ2n) is 10.9. The first-order chi connectivity index (χ1) is 23.3. The molecule has 4 aromatic rings. The smallest absolute Gasteiger partial charge is 0.428 e. The molecule has 2 aromatic carbocycles. The number of benzene rings is 2. The number of imide groups is 1. The highest BCUT2D eigenvalue weighted by Crippen LogP contribution is 2.37. The van der Waals surface area contributed by atoms with Crippen LogP contribution in [0, 0.1) is 13.8 Å². The molecule has 4 N–H and O–H groups in total. The molecule has 49 heavy (non-hydrogen) atoms. The SMILES string of the molecule is CCCNC(=O)c1ccc(C)c(Nc2ncnn3cc(C(=O)N(CCC)C(=O)OCOC(=O)Cc4ccc(OP(=O)(O)O)cc4)c(C)c23)c1. The number of fused-ring (bicyclic) bond motifs is 1. The molecule has 16 nitrogen and oxygen atoms in total. The van der Waals surface area contributed by atoms with E-state index < -0.39 is 32.6 Å². The lowest BCUT2D eigenvalue weighted by Crippen LogP contribution is -2.38. The van der Waals surface area contributed by atoms with E-state index in [0.717, 1.165) is 16.9 Å². The molecule has 0 aliphatic carbocycles. The van der Waals surface area contributed by atoms with Crippen LogP contribution in [0.1, 0.15) is 64.1 Å². The molecule has 0 bridgehead atoms. The maximum Gasteiger partial charge on any atom is 0.524 e. The van der Waals surface area contributed by atoms with Crippen molar-refractivity contribution in [2.24, 2.45) is 0 Å². The Hall–Kier alpha value is -5.31. The van der Waals surface area contributed by atoms with Crippen molar-refractivity contribution in [3.05, 3.63) is 82.8 Å². The van der Waals surface area contributed by atoms with Crippen LogP contribution in [0.5, 0.6) is 5.75 Å². The lowest BCUT2D eigenvalue weighted by Gasteiger charge is -2.19. The van der Waals surface area contributed by atoms with Gasteiger partial charge >= 0.3 is 19.9 Å². The van der Waals surface area contributed by atoms with Crippen molar-refractivity contribution in [3.63, 3.8) is 0 Å². The van der Waals surface area contributed by atoms with Crippen molar-refractivity contribution >= 4 is 48.7 Å². The van der Waals surface area contributed by atoms with Gasteiger partial charge in [0, 0.05) is 30.5 Å². The summed E-state index contributed by atoms with van der Waals surface area (Å²) in [5.74, 6) is -1.32. The molecular weight excluding hydrogens is 659 g/mol. The lowest BCUT2D eigenvalue weighted by atomic mass is 10.1. The molecule has 0 atom stereocenters. The largest absolute Gasteiger partial charge is 0.524 e. The van der Waals surface area contributed by atoms with Gasteiger partial charge in [-0.3, -0.25) is 24.2 Å². The zero-order valence-electron chi connectivity index (χ0n) is 27.3. The highest BCUT2D eigenvalue weighted by atomic mass is 31.2. The summed E-state index contributed by atoms with van der Waals surface area (Å²) in [4.78, 5) is 74.6. The van der Waals surface area contributed by atoms with Crippen LogP contribution < -0.4 is 15.2 Å². The fourth-order valence-corrected chi connectivity index (χ4v) is 5.12. The van der Waals surface area contributed by atoms with Crippen molar-refractivity contribution in [1.29, 1.82) is 0 Å². The topological polar surface area (TPSA) is 211 Å². The number of phosphoric acid groups is 1. The first-order valence-corrected chi connectivity index (χ1v) is 16.8. The van der Waals surface area contributed by atoms with Crippen LogP contribution in [0.3, 0.4) is 0 Å². The Balaban J connectivity index is 1.44. The summed E-state index contributed by atoms with van der Waals surface area (Å²) in [6, 6.07) is 10.7. The van der Waals surface area contributed by atoms with E-state index in [0.29, 0.717) is 46.7 Å². The standard InChI is InChI=1S/C32H37N6O10P/c1-5-13-33-30(40)23-10-7-20(3)26(16-23)36-29-28-21(4)25(17-38(28)35-18-34-29)31(41)37(14-6-2)32(42)47-19-46-27(39)15-22-8-11-24(12-9-22)48-49(43,44)45/h7-12,16-18H,5-6,13-15,19H2,1-4H3,(H,33,40)(H,34,35,36)(H2,43,44,45).